The first-order valence-corrected chi connectivity index (χ1v) is 15.6. The molecule has 2 fully saturated rings. The number of rotatable bonds is 5. The van der Waals surface area contributed by atoms with Crippen LogP contribution in [-0.4, -0.2) is 63.2 Å². The van der Waals surface area contributed by atoms with Crippen LogP contribution in [0.1, 0.15) is 123 Å². The van der Waals surface area contributed by atoms with Gasteiger partial charge in [-0.25, -0.2) is 4.79 Å². The molecule has 0 aliphatic carbocycles. The normalized spacial score (nSPS) is 23.3. The second-order valence-electron chi connectivity index (χ2n) is 14.4. The first-order chi connectivity index (χ1) is 19.6. The minimum absolute atomic E-state index is 0. The summed E-state index contributed by atoms with van der Waals surface area (Å²) in [5.74, 6) is 0. The molecule has 44 heavy (non-hydrogen) atoms. The van der Waals surface area contributed by atoms with E-state index in [1.54, 1.807) is 18.7 Å². The highest BCUT2D eigenvalue weighted by Crippen LogP contribution is 2.39. The van der Waals surface area contributed by atoms with Gasteiger partial charge in [0.25, 0.3) is 0 Å². The lowest BCUT2D eigenvalue weighted by Crippen LogP contribution is -2.42. The Morgan fingerprint density at radius 2 is 1.70 bits per heavy atom. The van der Waals surface area contributed by atoms with Crippen LogP contribution in [0.25, 0.3) is 0 Å². The summed E-state index contributed by atoms with van der Waals surface area (Å²) < 4.78 is 11.8. The Labute approximate surface area is 267 Å². The maximum atomic E-state index is 12.5. The van der Waals surface area contributed by atoms with Crippen molar-refractivity contribution < 1.29 is 24.5 Å². The molecule has 3 aliphatic heterocycles. The zero-order valence-corrected chi connectivity index (χ0v) is 26.7. The predicted octanol–water partition coefficient (Wildman–Crippen LogP) is 7.54. The Bertz CT molecular complexity index is 1190. The second-order valence-corrected chi connectivity index (χ2v) is 14.4. The van der Waals surface area contributed by atoms with Crippen LogP contribution < -0.4 is 5.32 Å². The van der Waals surface area contributed by atoms with Crippen LogP contribution in [0.2, 0.25) is 0 Å². The van der Waals surface area contributed by atoms with Gasteiger partial charge in [0.1, 0.15) is 5.60 Å². The number of carbonyl (C=O) groups excluding carboxylic acids is 1. The first-order valence-electron chi connectivity index (χ1n) is 15.6. The van der Waals surface area contributed by atoms with Gasteiger partial charge >= 0.3 is 6.09 Å². The molecular formula is C37H60N2O5. The van der Waals surface area contributed by atoms with Crippen LogP contribution in [0.4, 0.5) is 4.79 Å². The van der Waals surface area contributed by atoms with E-state index in [1.807, 2.05) is 45.0 Å². The highest BCUT2D eigenvalue weighted by molar-refractivity contribution is 5.69. The van der Waals surface area contributed by atoms with Gasteiger partial charge in [-0.2, -0.15) is 0 Å². The number of carbonyl (C=O) groups is 1. The quantitative estimate of drug-likeness (QED) is 0.323. The van der Waals surface area contributed by atoms with E-state index >= 15 is 0 Å². The number of nitrogens with one attached hydrogen (secondary N) is 1. The Morgan fingerprint density at radius 3 is 2.34 bits per heavy atom. The number of nitrogens with zero attached hydrogens (tertiary/aromatic N) is 1. The highest BCUT2D eigenvalue weighted by Gasteiger charge is 2.39. The fourth-order valence-electron chi connectivity index (χ4n) is 6.47. The van der Waals surface area contributed by atoms with Gasteiger partial charge in [0, 0.05) is 25.4 Å². The number of likely N-dealkylation sites (tertiary alicyclic amines) is 1. The summed E-state index contributed by atoms with van der Waals surface area (Å²) in [6.45, 7) is 15.1. The molecule has 248 valence electrons. The molecule has 0 radical (unpaired) electrons. The summed E-state index contributed by atoms with van der Waals surface area (Å²) in [5.41, 5.74) is 3.06. The van der Waals surface area contributed by atoms with Gasteiger partial charge in [-0.15, -0.1) is 0 Å². The van der Waals surface area contributed by atoms with Crippen LogP contribution in [0.5, 0.6) is 0 Å². The fraction of sp³-hybridized carbons (Fsp3) is 0.649. The molecule has 4 atom stereocenters. The van der Waals surface area contributed by atoms with E-state index in [1.165, 1.54) is 24.0 Å². The minimum atomic E-state index is -0.865. The first kappa shape index (κ1) is 37.7. The standard InChI is InChI=1S/C20H31NO4.C15H21NO.2CH4/c1-19(2,3)25-18(23)21-12-8-11-16(21)17(22)15-10-7-6-9-14(15)13-20(4,5)24;1-15(2)10-11-6-3-4-7-12(11)14(17-15)13-8-5-9-16-13;;/h6-7,9-10,16-17,22,24H,8,11-13H2,1-5H3;3-4,6-7,13-14,16H,5,8-10H2,1-2H3;2*1H4/t16-,17?;13-,14?;;/m00../s1. The summed E-state index contributed by atoms with van der Waals surface area (Å²) in [5, 5.41) is 24.7. The maximum absolute atomic E-state index is 12.5. The molecular weight excluding hydrogens is 552 g/mol. The van der Waals surface area contributed by atoms with Crippen molar-refractivity contribution in [2.45, 2.75) is 143 Å². The van der Waals surface area contributed by atoms with Gasteiger partial charge in [0.15, 0.2) is 0 Å². The smallest absolute Gasteiger partial charge is 0.410 e. The molecule has 0 saturated carbocycles. The fourth-order valence-corrected chi connectivity index (χ4v) is 6.47. The third kappa shape index (κ3) is 10.0. The molecule has 3 aliphatic rings. The van der Waals surface area contributed by atoms with Gasteiger partial charge in [-0.1, -0.05) is 63.4 Å². The molecule has 0 bridgehead atoms. The number of benzene rings is 2. The van der Waals surface area contributed by atoms with Gasteiger partial charge in [-0.3, -0.25) is 0 Å². The van der Waals surface area contributed by atoms with Gasteiger partial charge in [0.05, 0.1) is 29.5 Å². The molecule has 2 saturated heterocycles. The molecule has 3 heterocycles. The van der Waals surface area contributed by atoms with E-state index in [2.05, 4.69) is 43.4 Å². The zero-order valence-electron chi connectivity index (χ0n) is 26.7. The topological polar surface area (TPSA) is 91.3 Å². The van der Waals surface area contributed by atoms with E-state index < -0.39 is 17.3 Å². The lowest BCUT2D eigenvalue weighted by molar-refractivity contribution is -0.0969. The number of hydrogen-bond acceptors (Lipinski definition) is 6. The molecule has 0 spiro atoms. The average Bonchev–Trinajstić information content (AvgIpc) is 3.59. The molecule has 3 N–H and O–H groups in total. The molecule has 2 aromatic rings. The highest BCUT2D eigenvalue weighted by atomic mass is 16.6. The molecule has 2 aromatic carbocycles. The predicted molar refractivity (Wildman–Crippen MR) is 180 cm³/mol. The Morgan fingerprint density at radius 1 is 1.05 bits per heavy atom. The number of aliphatic hydroxyl groups is 2. The number of aliphatic hydroxyl groups excluding tert-OH is 1. The monoisotopic (exact) mass is 612 g/mol. The van der Waals surface area contributed by atoms with E-state index in [9.17, 15) is 15.0 Å². The number of amides is 1. The van der Waals surface area contributed by atoms with Crippen LogP contribution >= 0.6 is 0 Å². The van der Waals surface area contributed by atoms with E-state index in [0.29, 0.717) is 19.0 Å². The summed E-state index contributed by atoms with van der Waals surface area (Å²) >= 11 is 0. The number of ether oxygens (including phenoxy) is 2. The van der Waals surface area contributed by atoms with E-state index in [-0.39, 0.29) is 38.7 Å². The van der Waals surface area contributed by atoms with Crippen molar-refractivity contribution in [3.63, 3.8) is 0 Å². The van der Waals surface area contributed by atoms with Crippen molar-refractivity contribution in [1.82, 2.24) is 10.2 Å². The van der Waals surface area contributed by atoms with Crippen LogP contribution in [0.3, 0.4) is 0 Å². The van der Waals surface area contributed by atoms with Crippen LogP contribution in [-0.2, 0) is 22.3 Å². The molecule has 7 nitrogen and oxygen atoms in total. The SMILES string of the molecule is C.C.CC(C)(O)Cc1ccccc1C(O)[C@@H]1CCCN1C(=O)OC(C)(C)C.CC1(C)Cc2ccccc2C([C@@H]2CCCN2)O1. The van der Waals surface area contributed by atoms with Crippen molar-refractivity contribution in [3.8, 4) is 0 Å². The van der Waals surface area contributed by atoms with Crippen LogP contribution in [0, 0.1) is 0 Å². The number of fused-ring (bicyclic) bond motifs is 1. The maximum Gasteiger partial charge on any atom is 0.410 e. The molecule has 0 aromatic heterocycles. The Hall–Kier alpha value is -2.45. The summed E-state index contributed by atoms with van der Waals surface area (Å²) in [6, 6.07) is 16.5. The lowest BCUT2D eigenvalue weighted by atomic mass is 9.86. The van der Waals surface area contributed by atoms with Crippen molar-refractivity contribution in [1.29, 1.82) is 0 Å². The minimum Gasteiger partial charge on any atom is -0.444 e. The molecule has 1 amide bonds. The summed E-state index contributed by atoms with van der Waals surface area (Å²) in [7, 11) is 0. The van der Waals surface area contributed by atoms with Crippen molar-refractivity contribution in [2.24, 2.45) is 0 Å². The Kier molecular flexibility index (Phi) is 13.1. The molecule has 5 rings (SSSR count). The van der Waals surface area contributed by atoms with Crippen molar-refractivity contribution >= 4 is 6.09 Å². The van der Waals surface area contributed by atoms with Crippen molar-refractivity contribution in [3.05, 3.63) is 70.8 Å². The third-order valence-corrected chi connectivity index (χ3v) is 8.18. The van der Waals surface area contributed by atoms with Gasteiger partial charge in [0.2, 0.25) is 0 Å². The van der Waals surface area contributed by atoms with Crippen LogP contribution in [0.15, 0.2) is 48.5 Å². The summed E-state index contributed by atoms with van der Waals surface area (Å²) in [6.07, 6.45) is 4.60. The van der Waals surface area contributed by atoms with Gasteiger partial charge < -0.3 is 29.9 Å². The zero-order chi connectivity index (χ0) is 30.7. The summed E-state index contributed by atoms with van der Waals surface area (Å²) in [4.78, 5) is 14.1. The number of hydrogen-bond donors (Lipinski definition) is 3. The third-order valence-electron chi connectivity index (χ3n) is 8.18. The Balaban J connectivity index is 0.000000311. The van der Waals surface area contributed by atoms with Gasteiger partial charge in [-0.05, 0) is 103 Å². The largest absolute Gasteiger partial charge is 0.444 e. The average molecular weight is 613 g/mol. The molecule has 7 heteroatoms. The van der Waals surface area contributed by atoms with Crippen molar-refractivity contribution in [2.75, 3.05) is 13.1 Å². The molecule has 2 unspecified atom stereocenters. The second kappa shape index (κ2) is 15.2. The van der Waals surface area contributed by atoms with E-state index in [0.717, 1.165) is 36.9 Å². The van der Waals surface area contributed by atoms with E-state index in [4.69, 9.17) is 9.47 Å². The lowest BCUT2D eigenvalue weighted by Gasteiger charge is -2.40.